The predicted molar refractivity (Wildman–Crippen MR) is 207 cm³/mol. The molecule has 51 heavy (non-hydrogen) atoms. The van der Waals surface area contributed by atoms with Gasteiger partial charge in [-0.3, -0.25) is 18.9 Å². The van der Waals surface area contributed by atoms with Gasteiger partial charge in [-0.25, -0.2) is 0 Å². The van der Waals surface area contributed by atoms with Crippen LogP contribution in [0.5, 0.6) is 0 Å². The number of piperidine rings is 1. The number of piperazine rings is 1. The van der Waals surface area contributed by atoms with E-state index in [9.17, 15) is 14.4 Å². The fourth-order valence-corrected chi connectivity index (χ4v) is 9.47. The second-order valence-corrected chi connectivity index (χ2v) is 15.3. The Kier molecular flexibility index (Phi) is 9.59. The molecule has 1 aliphatic carbocycles. The van der Waals surface area contributed by atoms with Gasteiger partial charge in [-0.05, 0) is 96.1 Å². The molecule has 10 nitrogen and oxygen atoms in total. The van der Waals surface area contributed by atoms with Crippen molar-refractivity contribution in [3.05, 3.63) is 81.1 Å². The molecule has 0 radical (unpaired) electrons. The number of rotatable bonds is 9. The number of nitrogens with one attached hydrogen (secondary N) is 1. The Morgan fingerprint density at radius 3 is 2.27 bits per heavy atom. The van der Waals surface area contributed by atoms with Crippen LogP contribution in [0.25, 0.3) is 27.7 Å². The Morgan fingerprint density at radius 2 is 1.57 bits per heavy atom. The van der Waals surface area contributed by atoms with Gasteiger partial charge in [0.05, 0.1) is 27.9 Å². The van der Waals surface area contributed by atoms with Crippen LogP contribution in [0.3, 0.4) is 0 Å². The smallest absolute Gasteiger partial charge is 0.283 e. The number of anilines is 2. The second-order valence-electron chi connectivity index (χ2n) is 14.4. The summed E-state index contributed by atoms with van der Waals surface area (Å²) in [5.41, 5.74) is 6.36. The topological polar surface area (TPSA) is 95.2 Å². The van der Waals surface area contributed by atoms with Crippen molar-refractivity contribution < 1.29 is 9.59 Å². The zero-order chi connectivity index (χ0) is 35.1. The van der Waals surface area contributed by atoms with Crippen LogP contribution in [-0.2, 0) is 9.59 Å². The molecule has 266 valence electrons. The lowest BCUT2D eigenvalue weighted by molar-refractivity contribution is -0.122. The number of imidazole rings is 1. The highest BCUT2D eigenvalue weighted by molar-refractivity contribution is 9.10. The van der Waals surface area contributed by atoms with Crippen LogP contribution in [0.1, 0.15) is 68.9 Å². The lowest BCUT2D eigenvalue weighted by Gasteiger charge is -2.44. The van der Waals surface area contributed by atoms with Crippen LogP contribution in [0.15, 0.2) is 69.9 Å². The number of halogens is 1. The average Bonchev–Trinajstić information content (AvgIpc) is 3.81. The van der Waals surface area contributed by atoms with Gasteiger partial charge in [0.1, 0.15) is 6.29 Å². The minimum Gasteiger partial charge on any atom is -0.371 e. The van der Waals surface area contributed by atoms with Crippen molar-refractivity contribution in [3.8, 4) is 0 Å². The van der Waals surface area contributed by atoms with Crippen molar-refractivity contribution >= 4 is 67.2 Å². The molecule has 3 aliphatic rings. The van der Waals surface area contributed by atoms with Crippen molar-refractivity contribution in [2.75, 3.05) is 56.1 Å². The molecule has 1 unspecified atom stereocenters. The van der Waals surface area contributed by atoms with Gasteiger partial charge in [0, 0.05) is 80.7 Å². The highest BCUT2D eigenvalue weighted by Crippen LogP contribution is 2.38. The van der Waals surface area contributed by atoms with Gasteiger partial charge in [-0.2, -0.15) is 4.98 Å². The van der Waals surface area contributed by atoms with Crippen molar-refractivity contribution in [1.82, 2.24) is 24.2 Å². The van der Waals surface area contributed by atoms with Gasteiger partial charge in [-0.1, -0.05) is 31.0 Å². The second kappa shape index (κ2) is 14.4. The standard InChI is InChI=1S/C40H46BrN7O3/c1-42-38(50)32(8-5-25-49)27-11-13-28(14-12-27)45-21-23-46(24-22-45)29-17-19-44(20-18-29)31-15-16-34-36(26-31)47(30-6-2-3-7-30)40-43-39(51)37-33(41)9-4-10-35(37)48(34)40/h4,9-16,25-26,29-30,32H,2-3,5-8,17-24H2,1H3,(H,42,50). The molecule has 0 bridgehead atoms. The molecule has 1 amide bonds. The Bertz CT molecular complexity index is 2120. The van der Waals surface area contributed by atoms with E-state index in [1.165, 1.54) is 24.2 Å². The Balaban J connectivity index is 0.955. The maximum atomic E-state index is 13.3. The molecule has 1 N–H and O–H groups in total. The number of fused-ring (bicyclic) bond motifs is 5. The number of hydrogen-bond acceptors (Lipinski definition) is 7. The minimum atomic E-state index is -0.303. The molecule has 4 heterocycles. The van der Waals surface area contributed by atoms with Crippen LogP contribution >= 0.6 is 15.9 Å². The molecular formula is C40H46BrN7O3. The Labute approximate surface area is 306 Å². The zero-order valence-corrected chi connectivity index (χ0v) is 30.9. The molecule has 11 heteroatoms. The summed E-state index contributed by atoms with van der Waals surface area (Å²) < 4.78 is 5.34. The molecular weight excluding hydrogens is 706 g/mol. The molecule has 2 aromatic heterocycles. The maximum Gasteiger partial charge on any atom is 0.283 e. The first-order valence-corrected chi connectivity index (χ1v) is 19.4. The normalized spacial score (nSPS) is 18.6. The fourth-order valence-electron chi connectivity index (χ4n) is 8.95. The number of nitrogens with zero attached hydrogens (tertiary/aromatic N) is 6. The van der Waals surface area contributed by atoms with Crippen LogP contribution < -0.4 is 20.7 Å². The highest BCUT2D eigenvalue weighted by Gasteiger charge is 2.30. The largest absolute Gasteiger partial charge is 0.371 e. The predicted octanol–water partition coefficient (Wildman–Crippen LogP) is 6.28. The maximum absolute atomic E-state index is 13.3. The first-order valence-electron chi connectivity index (χ1n) is 18.6. The molecule has 5 aromatic rings. The quantitative estimate of drug-likeness (QED) is 0.177. The summed E-state index contributed by atoms with van der Waals surface area (Å²) in [6.45, 7) is 6.07. The van der Waals surface area contributed by atoms with Gasteiger partial charge in [0.2, 0.25) is 11.7 Å². The van der Waals surface area contributed by atoms with Crippen LogP contribution in [0.2, 0.25) is 0 Å². The summed E-state index contributed by atoms with van der Waals surface area (Å²) in [6.07, 6.45) is 8.68. The third-order valence-corrected chi connectivity index (χ3v) is 12.3. The third kappa shape index (κ3) is 6.33. The van der Waals surface area contributed by atoms with E-state index in [-0.39, 0.29) is 17.4 Å². The summed E-state index contributed by atoms with van der Waals surface area (Å²) in [4.78, 5) is 49.1. The van der Waals surface area contributed by atoms with E-state index in [1.807, 2.05) is 30.3 Å². The average molecular weight is 753 g/mol. The summed E-state index contributed by atoms with van der Waals surface area (Å²) in [5, 5.41) is 3.37. The van der Waals surface area contributed by atoms with E-state index in [0.717, 1.165) is 104 Å². The highest BCUT2D eigenvalue weighted by atomic mass is 79.9. The molecule has 2 aliphatic heterocycles. The summed E-state index contributed by atoms with van der Waals surface area (Å²) >= 11 is 3.61. The molecule has 1 atom stereocenters. The van der Waals surface area contributed by atoms with E-state index < -0.39 is 0 Å². The summed E-state index contributed by atoms with van der Waals surface area (Å²) in [7, 11) is 1.65. The number of aromatic nitrogens is 3. The lowest BCUT2D eigenvalue weighted by atomic mass is 9.93. The fraction of sp³-hybridized carbons (Fsp3) is 0.450. The summed E-state index contributed by atoms with van der Waals surface area (Å²) in [6, 6.07) is 22.0. The van der Waals surface area contributed by atoms with Gasteiger partial charge in [0.15, 0.2) is 0 Å². The number of hydrogen-bond donors (Lipinski definition) is 1. The van der Waals surface area contributed by atoms with Crippen molar-refractivity contribution in [2.45, 2.75) is 69.4 Å². The van der Waals surface area contributed by atoms with Gasteiger partial charge >= 0.3 is 0 Å². The Morgan fingerprint density at radius 1 is 0.863 bits per heavy atom. The molecule has 1 saturated carbocycles. The lowest BCUT2D eigenvalue weighted by Crippen LogP contribution is -2.53. The number of likely N-dealkylation sites (N-methyl/N-ethyl adjacent to an activating group) is 1. The number of benzene rings is 3. The van der Waals surface area contributed by atoms with E-state index in [1.54, 1.807) is 7.05 Å². The SMILES string of the molecule is CNC(=O)C(CCC=O)c1ccc(N2CCN(C3CCN(c4ccc5c(c4)n(C4CCCC4)c4nc(=O)c6c(Br)cccc6n54)CC3)CC2)cc1. The van der Waals surface area contributed by atoms with E-state index in [4.69, 9.17) is 4.98 Å². The third-order valence-electron chi connectivity index (χ3n) is 11.7. The minimum absolute atomic E-state index is 0.0467. The summed E-state index contributed by atoms with van der Waals surface area (Å²) in [5.74, 6) is 0.401. The number of amides is 1. The molecule has 3 aromatic carbocycles. The first kappa shape index (κ1) is 33.9. The molecule has 2 saturated heterocycles. The van der Waals surface area contributed by atoms with Crippen LogP contribution in [0, 0.1) is 0 Å². The van der Waals surface area contributed by atoms with E-state index in [0.29, 0.717) is 30.3 Å². The van der Waals surface area contributed by atoms with Crippen molar-refractivity contribution in [1.29, 1.82) is 0 Å². The Hall–Kier alpha value is -4.22. The van der Waals surface area contributed by atoms with Gasteiger partial charge < -0.3 is 24.5 Å². The molecule has 3 fully saturated rings. The monoisotopic (exact) mass is 751 g/mol. The zero-order valence-electron chi connectivity index (χ0n) is 29.3. The van der Waals surface area contributed by atoms with Gasteiger partial charge in [-0.15, -0.1) is 0 Å². The molecule has 0 spiro atoms. The first-order chi connectivity index (χ1) is 24.9. The number of carbonyl (C=O) groups is 2. The molecule has 8 rings (SSSR count). The number of aldehydes is 1. The van der Waals surface area contributed by atoms with Crippen LogP contribution in [-0.4, -0.2) is 83.4 Å². The van der Waals surface area contributed by atoms with E-state index in [2.05, 4.69) is 75.2 Å². The number of carbonyl (C=O) groups excluding carboxylic acids is 2. The van der Waals surface area contributed by atoms with Crippen molar-refractivity contribution in [2.24, 2.45) is 0 Å². The van der Waals surface area contributed by atoms with Crippen LogP contribution in [0.4, 0.5) is 11.4 Å². The van der Waals surface area contributed by atoms with Gasteiger partial charge in [0.25, 0.3) is 5.56 Å². The van der Waals surface area contributed by atoms with Crippen molar-refractivity contribution in [3.63, 3.8) is 0 Å². The van der Waals surface area contributed by atoms with E-state index >= 15 is 0 Å².